The third-order valence-electron chi connectivity index (χ3n) is 4.46. The number of benzene rings is 1. The van der Waals surface area contributed by atoms with Crippen LogP contribution < -0.4 is 5.73 Å². The maximum absolute atomic E-state index is 12.4. The van der Waals surface area contributed by atoms with Gasteiger partial charge in [-0.25, -0.2) is 0 Å². The van der Waals surface area contributed by atoms with E-state index in [9.17, 15) is 4.79 Å². The normalized spacial score (nSPS) is 30.1. The standard InChI is InChI=1S/C16H21NO2/c17-14-7-3-6-13(14)15(18)10-16-12-5-2-1-4-11(12)8-9-19-16/h1-2,4-5,13-14,16H,3,6-10,17H2. The maximum Gasteiger partial charge on any atom is 0.140 e. The monoisotopic (exact) mass is 259 g/mol. The molecule has 0 amide bonds. The van der Waals surface area contributed by atoms with Gasteiger partial charge in [0.2, 0.25) is 0 Å². The Labute approximate surface area is 114 Å². The lowest BCUT2D eigenvalue weighted by molar-refractivity contribution is -0.126. The van der Waals surface area contributed by atoms with Gasteiger partial charge in [0.15, 0.2) is 0 Å². The van der Waals surface area contributed by atoms with Crippen molar-refractivity contribution in [1.29, 1.82) is 0 Å². The number of nitrogens with two attached hydrogens (primary N) is 1. The first kappa shape index (κ1) is 12.8. The van der Waals surface area contributed by atoms with Crippen LogP contribution in [0.2, 0.25) is 0 Å². The van der Waals surface area contributed by atoms with E-state index in [4.69, 9.17) is 10.5 Å². The molecule has 0 aromatic heterocycles. The lowest BCUT2D eigenvalue weighted by Crippen LogP contribution is -2.32. The average molecular weight is 259 g/mol. The average Bonchev–Trinajstić information content (AvgIpc) is 2.85. The first-order chi connectivity index (χ1) is 9.25. The predicted molar refractivity (Wildman–Crippen MR) is 73.8 cm³/mol. The van der Waals surface area contributed by atoms with E-state index in [-0.39, 0.29) is 23.8 Å². The molecule has 1 aromatic carbocycles. The van der Waals surface area contributed by atoms with Crippen LogP contribution in [0.5, 0.6) is 0 Å². The second-order valence-corrected chi connectivity index (χ2v) is 5.68. The molecule has 19 heavy (non-hydrogen) atoms. The summed E-state index contributed by atoms with van der Waals surface area (Å²) in [4.78, 5) is 12.4. The molecule has 3 atom stereocenters. The highest BCUT2D eigenvalue weighted by Gasteiger charge is 2.32. The molecule has 1 saturated carbocycles. The van der Waals surface area contributed by atoms with Crippen LogP contribution in [0.4, 0.5) is 0 Å². The van der Waals surface area contributed by atoms with Crippen LogP contribution in [-0.2, 0) is 16.0 Å². The molecule has 0 bridgehead atoms. The summed E-state index contributed by atoms with van der Waals surface area (Å²) >= 11 is 0. The molecule has 1 aliphatic heterocycles. The van der Waals surface area contributed by atoms with Crippen molar-refractivity contribution in [2.24, 2.45) is 11.7 Å². The molecule has 0 saturated heterocycles. The highest BCUT2D eigenvalue weighted by atomic mass is 16.5. The minimum absolute atomic E-state index is 0.0534. The molecule has 0 radical (unpaired) electrons. The Morgan fingerprint density at radius 2 is 2.16 bits per heavy atom. The second-order valence-electron chi connectivity index (χ2n) is 5.68. The number of carbonyl (C=O) groups excluding carboxylic acids is 1. The molecule has 1 aliphatic carbocycles. The molecular formula is C16H21NO2. The third-order valence-corrected chi connectivity index (χ3v) is 4.46. The summed E-state index contributed by atoms with van der Waals surface area (Å²) in [6, 6.07) is 8.35. The summed E-state index contributed by atoms with van der Waals surface area (Å²) in [5, 5.41) is 0. The summed E-state index contributed by atoms with van der Waals surface area (Å²) in [7, 11) is 0. The quantitative estimate of drug-likeness (QED) is 0.906. The van der Waals surface area contributed by atoms with Crippen molar-refractivity contribution in [1.82, 2.24) is 0 Å². The molecule has 3 heteroatoms. The largest absolute Gasteiger partial charge is 0.373 e. The van der Waals surface area contributed by atoms with Crippen LogP contribution in [0, 0.1) is 5.92 Å². The minimum atomic E-state index is -0.0646. The molecule has 3 unspecified atom stereocenters. The van der Waals surface area contributed by atoms with Gasteiger partial charge < -0.3 is 10.5 Å². The van der Waals surface area contributed by atoms with E-state index in [0.717, 1.165) is 25.7 Å². The lowest BCUT2D eigenvalue weighted by atomic mass is 9.89. The van der Waals surface area contributed by atoms with Crippen LogP contribution in [0.1, 0.15) is 42.9 Å². The molecule has 3 rings (SSSR count). The predicted octanol–water partition coefficient (Wildman–Crippen LogP) is 2.39. The van der Waals surface area contributed by atoms with Crippen molar-refractivity contribution < 1.29 is 9.53 Å². The van der Waals surface area contributed by atoms with Crippen LogP contribution >= 0.6 is 0 Å². The summed E-state index contributed by atoms with van der Waals surface area (Å²) in [5.41, 5.74) is 8.53. The highest BCUT2D eigenvalue weighted by molar-refractivity contribution is 5.82. The molecule has 0 spiro atoms. The van der Waals surface area contributed by atoms with Crippen molar-refractivity contribution in [3.05, 3.63) is 35.4 Å². The van der Waals surface area contributed by atoms with Gasteiger partial charge in [-0.05, 0) is 30.4 Å². The van der Waals surface area contributed by atoms with E-state index >= 15 is 0 Å². The molecule has 2 aliphatic rings. The zero-order valence-corrected chi connectivity index (χ0v) is 11.2. The van der Waals surface area contributed by atoms with Gasteiger partial charge >= 0.3 is 0 Å². The fourth-order valence-corrected chi connectivity index (χ4v) is 3.37. The zero-order valence-electron chi connectivity index (χ0n) is 11.2. The van der Waals surface area contributed by atoms with E-state index in [0.29, 0.717) is 13.0 Å². The molecular weight excluding hydrogens is 238 g/mol. The first-order valence-electron chi connectivity index (χ1n) is 7.23. The van der Waals surface area contributed by atoms with Crippen molar-refractivity contribution >= 4 is 5.78 Å². The molecule has 3 nitrogen and oxygen atoms in total. The number of ketones is 1. The maximum atomic E-state index is 12.4. The Morgan fingerprint density at radius 1 is 1.32 bits per heavy atom. The van der Waals surface area contributed by atoms with Crippen molar-refractivity contribution in [2.45, 2.75) is 44.2 Å². The van der Waals surface area contributed by atoms with E-state index in [1.807, 2.05) is 6.07 Å². The van der Waals surface area contributed by atoms with Gasteiger partial charge in [-0.15, -0.1) is 0 Å². The number of carbonyl (C=O) groups is 1. The Hall–Kier alpha value is -1.19. The van der Waals surface area contributed by atoms with Crippen LogP contribution in [0.15, 0.2) is 24.3 Å². The first-order valence-corrected chi connectivity index (χ1v) is 7.23. The summed E-state index contributed by atoms with van der Waals surface area (Å²) in [6.45, 7) is 0.714. The van der Waals surface area contributed by atoms with Crippen molar-refractivity contribution in [3.8, 4) is 0 Å². The van der Waals surface area contributed by atoms with E-state index < -0.39 is 0 Å². The number of ether oxygens (including phenoxy) is 1. The number of fused-ring (bicyclic) bond motifs is 1. The zero-order chi connectivity index (χ0) is 13.2. The smallest absolute Gasteiger partial charge is 0.140 e. The van der Waals surface area contributed by atoms with Gasteiger partial charge in [0.1, 0.15) is 5.78 Å². The Kier molecular flexibility index (Phi) is 3.67. The van der Waals surface area contributed by atoms with Gasteiger partial charge in [0.25, 0.3) is 0 Å². The summed E-state index contributed by atoms with van der Waals surface area (Å²) < 4.78 is 5.81. The van der Waals surface area contributed by atoms with Crippen molar-refractivity contribution in [3.63, 3.8) is 0 Å². The van der Waals surface area contributed by atoms with Crippen LogP contribution in [0.25, 0.3) is 0 Å². The summed E-state index contributed by atoms with van der Waals surface area (Å²) in [6.07, 6.45) is 4.39. The van der Waals surface area contributed by atoms with Crippen LogP contribution in [0.3, 0.4) is 0 Å². The highest BCUT2D eigenvalue weighted by Crippen LogP contribution is 2.33. The number of hydrogen-bond donors (Lipinski definition) is 1. The van der Waals surface area contributed by atoms with Gasteiger partial charge in [0.05, 0.1) is 12.7 Å². The summed E-state index contributed by atoms with van der Waals surface area (Å²) in [5.74, 6) is 0.337. The van der Waals surface area contributed by atoms with E-state index in [2.05, 4.69) is 18.2 Å². The Bertz CT molecular complexity index is 472. The minimum Gasteiger partial charge on any atom is -0.373 e. The Morgan fingerprint density at radius 3 is 2.95 bits per heavy atom. The molecule has 102 valence electrons. The second kappa shape index (κ2) is 5.43. The van der Waals surface area contributed by atoms with Gasteiger partial charge in [-0.3, -0.25) is 4.79 Å². The number of rotatable bonds is 3. The topological polar surface area (TPSA) is 52.3 Å². The number of Topliss-reactive ketones (excluding diaryl/α,β-unsaturated/α-hetero) is 1. The van der Waals surface area contributed by atoms with Gasteiger partial charge in [-0.2, -0.15) is 0 Å². The molecule has 2 N–H and O–H groups in total. The number of hydrogen-bond acceptors (Lipinski definition) is 3. The molecule has 1 fully saturated rings. The van der Waals surface area contributed by atoms with Gasteiger partial charge in [0, 0.05) is 18.4 Å². The van der Waals surface area contributed by atoms with Crippen LogP contribution in [-0.4, -0.2) is 18.4 Å². The molecule has 1 aromatic rings. The molecule has 1 heterocycles. The fourth-order valence-electron chi connectivity index (χ4n) is 3.37. The lowest BCUT2D eigenvalue weighted by Gasteiger charge is -2.27. The van der Waals surface area contributed by atoms with E-state index in [1.54, 1.807) is 0 Å². The SMILES string of the molecule is NC1CCCC1C(=O)CC1OCCc2ccccc21. The Balaban J connectivity index is 1.72. The van der Waals surface area contributed by atoms with Gasteiger partial charge in [-0.1, -0.05) is 30.7 Å². The van der Waals surface area contributed by atoms with E-state index in [1.165, 1.54) is 11.1 Å². The van der Waals surface area contributed by atoms with Crippen molar-refractivity contribution in [2.75, 3.05) is 6.61 Å². The third kappa shape index (κ3) is 2.58. The fraction of sp³-hybridized carbons (Fsp3) is 0.562.